The number of primary amides is 1. The predicted molar refractivity (Wildman–Crippen MR) is 104 cm³/mol. The lowest BCUT2D eigenvalue weighted by Gasteiger charge is -2.16. The number of carbonyl (C=O) groups is 1. The molecule has 0 fully saturated rings. The Morgan fingerprint density at radius 2 is 2.04 bits per heavy atom. The maximum Gasteiger partial charge on any atom is 0.248 e. The van der Waals surface area contributed by atoms with Crippen LogP contribution < -0.4 is 15.8 Å². The van der Waals surface area contributed by atoms with E-state index in [0.717, 1.165) is 25.9 Å². The molecule has 0 aliphatic carbocycles. The second kappa shape index (κ2) is 8.43. The highest BCUT2D eigenvalue weighted by atomic mass is 127. The summed E-state index contributed by atoms with van der Waals surface area (Å²) in [5, 5.41) is 3.11. The summed E-state index contributed by atoms with van der Waals surface area (Å²) in [6, 6.07) is 7.51. The van der Waals surface area contributed by atoms with E-state index in [-0.39, 0.29) is 22.9 Å². The summed E-state index contributed by atoms with van der Waals surface area (Å²) in [5.41, 5.74) is 5.72. The Morgan fingerprint density at radius 3 is 2.67 bits per heavy atom. The zero-order valence-electron chi connectivity index (χ0n) is 12.0. The number of carbonyl (C=O) groups excluding carboxylic acids is 1. The van der Waals surface area contributed by atoms with Crippen LogP contribution in [0.4, 0.5) is 14.5 Å². The minimum Gasteiger partial charge on any atom is -0.487 e. The van der Waals surface area contributed by atoms with E-state index in [4.69, 9.17) is 10.5 Å². The minimum absolute atomic E-state index is 0.0169. The molecular weight excluding hydrogens is 565 g/mol. The van der Waals surface area contributed by atoms with Gasteiger partial charge in [0.25, 0.3) is 0 Å². The smallest absolute Gasteiger partial charge is 0.248 e. The second-order valence-corrected chi connectivity index (χ2v) is 7.89. The van der Waals surface area contributed by atoms with Gasteiger partial charge in [0.1, 0.15) is 11.6 Å². The second-order valence-electron chi connectivity index (χ2n) is 4.68. The van der Waals surface area contributed by atoms with Crippen LogP contribution in [-0.2, 0) is 0 Å². The maximum absolute atomic E-state index is 13.7. The highest BCUT2D eigenvalue weighted by molar-refractivity contribution is 14.1. The number of rotatable bonds is 6. The Hall–Kier alpha value is -0.940. The number of anilines is 1. The first-order valence-corrected chi connectivity index (χ1v) is 9.34. The molecule has 0 aliphatic heterocycles. The molecule has 0 heterocycles. The summed E-state index contributed by atoms with van der Waals surface area (Å²) in [4.78, 5) is 10.7. The van der Waals surface area contributed by atoms with Gasteiger partial charge in [0.15, 0.2) is 11.6 Å². The molecule has 2 aromatic rings. The summed E-state index contributed by atoms with van der Waals surface area (Å²) >= 11 is 8.96. The van der Waals surface area contributed by atoms with Crippen molar-refractivity contribution < 1.29 is 18.3 Å². The number of benzene rings is 2. The molecule has 24 heavy (non-hydrogen) atoms. The van der Waals surface area contributed by atoms with Crippen LogP contribution in [0.15, 0.2) is 34.8 Å². The molecule has 1 atom stereocenters. The van der Waals surface area contributed by atoms with Crippen molar-refractivity contribution in [3.05, 3.63) is 55.6 Å². The largest absolute Gasteiger partial charge is 0.487 e. The molecule has 1 unspecified atom stereocenters. The third-order valence-electron chi connectivity index (χ3n) is 2.91. The SMILES string of the molecule is NC(=O)c1cc(F)c(F)c(OCC(Br)Nc2ccc(I)cc2Br)c1. The molecule has 0 bridgehead atoms. The summed E-state index contributed by atoms with van der Waals surface area (Å²) < 4.78 is 34.4. The summed E-state index contributed by atoms with van der Waals surface area (Å²) in [6.07, 6.45) is 0. The van der Waals surface area contributed by atoms with Gasteiger partial charge in [-0.3, -0.25) is 4.79 Å². The summed E-state index contributed by atoms with van der Waals surface area (Å²) in [7, 11) is 0. The van der Waals surface area contributed by atoms with Crippen LogP contribution in [-0.4, -0.2) is 17.5 Å². The van der Waals surface area contributed by atoms with Crippen molar-refractivity contribution in [2.24, 2.45) is 5.73 Å². The van der Waals surface area contributed by atoms with Crippen molar-refractivity contribution >= 4 is 66.0 Å². The molecule has 0 radical (unpaired) electrons. The van der Waals surface area contributed by atoms with Gasteiger partial charge >= 0.3 is 0 Å². The van der Waals surface area contributed by atoms with Gasteiger partial charge in [-0.05, 0) is 68.9 Å². The van der Waals surface area contributed by atoms with Crippen molar-refractivity contribution in [2.45, 2.75) is 4.95 Å². The average Bonchev–Trinajstić information content (AvgIpc) is 2.51. The van der Waals surface area contributed by atoms with Gasteiger partial charge in [-0.15, -0.1) is 0 Å². The van der Waals surface area contributed by atoms with Crippen molar-refractivity contribution in [3.63, 3.8) is 0 Å². The first-order valence-electron chi connectivity index (χ1n) is 6.55. The van der Waals surface area contributed by atoms with Crippen LogP contribution in [0, 0.1) is 15.2 Å². The molecule has 0 saturated carbocycles. The van der Waals surface area contributed by atoms with Crippen molar-refractivity contribution in [1.29, 1.82) is 0 Å². The lowest BCUT2D eigenvalue weighted by molar-refractivity contribution is 0.0999. The molecule has 1 amide bonds. The van der Waals surface area contributed by atoms with Crippen LogP contribution in [0.2, 0.25) is 0 Å². The van der Waals surface area contributed by atoms with Gasteiger partial charge in [0.2, 0.25) is 11.7 Å². The molecule has 2 rings (SSSR count). The fourth-order valence-corrected chi connectivity index (χ4v) is 3.58. The number of hydrogen-bond acceptors (Lipinski definition) is 3. The van der Waals surface area contributed by atoms with Gasteiger partial charge in [0.05, 0.1) is 0 Å². The first kappa shape index (κ1) is 19.4. The van der Waals surface area contributed by atoms with Crippen LogP contribution in [0.25, 0.3) is 0 Å². The summed E-state index contributed by atoms with van der Waals surface area (Å²) in [6.45, 7) is -0.0169. The van der Waals surface area contributed by atoms with Crippen molar-refractivity contribution in [2.75, 3.05) is 11.9 Å². The zero-order valence-corrected chi connectivity index (χ0v) is 17.3. The Labute approximate surface area is 167 Å². The number of ether oxygens (including phenoxy) is 1. The molecule has 0 saturated heterocycles. The molecule has 0 spiro atoms. The Balaban J connectivity index is 2.06. The van der Waals surface area contributed by atoms with E-state index in [1.165, 1.54) is 0 Å². The molecule has 4 nitrogen and oxygen atoms in total. The fraction of sp³-hybridized carbons (Fsp3) is 0.133. The van der Waals surface area contributed by atoms with Crippen LogP contribution in [0.3, 0.4) is 0 Å². The highest BCUT2D eigenvalue weighted by Crippen LogP contribution is 2.27. The number of hydrogen-bond donors (Lipinski definition) is 2. The molecule has 0 aliphatic rings. The van der Waals surface area contributed by atoms with Crippen LogP contribution in [0.5, 0.6) is 5.75 Å². The van der Waals surface area contributed by atoms with Crippen LogP contribution >= 0.6 is 54.5 Å². The lowest BCUT2D eigenvalue weighted by Crippen LogP contribution is -2.21. The van der Waals surface area contributed by atoms with Crippen molar-refractivity contribution in [1.82, 2.24) is 0 Å². The van der Waals surface area contributed by atoms with Crippen LogP contribution in [0.1, 0.15) is 10.4 Å². The third-order valence-corrected chi connectivity index (χ3v) is 4.73. The van der Waals surface area contributed by atoms with Gasteiger partial charge in [-0.2, -0.15) is 4.39 Å². The number of nitrogens with two attached hydrogens (primary N) is 1. The van der Waals surface area contributed by atoms with E-state index in [1.54, 1.807) is 0 Å². The Kier molecular flexibility index (Phi) is 6.81. The third kappa shape index (κ3) is 5.03. The number of halogens is 5. The van der Waals surface area contributed by atoms with E-state index in [9.17, 15) is 13.6 Å². The monoisotopic (exact) mass is 574 g/mol. The van der Waals surface area contributed by atoms with Crippen molar-refractivity contribution in [3.8, 4) is 5.75 Å². The summed E-state index contributed by atoms with van der Waals surface area (Å²) in [5.74, 6) is -3.61. The van der Waals surface area contributed by atoms with E-state index < -0.39 is 17.5 Å². The fourth-order valence-electron chi connectivity index (χ4n) is 1.79. The molecule has 0 aromatic heterocycles. The highest BCUT2D eigenvalue weighted by Gasteiger charge is 2.16. The van der Waals surface area contributed by atoms with Gasteiger partial charge in [-0.25, -0.2) is 4.39 Å². The molecule has 3 N–H and O–H groups in total. The predicted octanol–water partition coefficient (Wildman–Crippen LogP) is 4.64. The lowest BCUT2D eigenvalue weighted by atomic mass is 10.2. The molecule has 128 valence electrons. The Morgan fingerprint density at radius 1 is 1.33 bits per heavy atom. The van der Waals surface area contributed by atoms with Gasteiger partial charge in [-0.1, -0.05) is 15.9 Å². The first-order chi connectivity index (χ1) is 11.3. The van der Waals surface area contributed by atoms with E-state index >= 15 is 0 Å². The quantitative estimate of drug-likeness (QED) is 0.300. The maximum atomic E-state index is 13.7. The van der Waals surface area contributed by atoms with E-state index in [0.29, 0.717) is 0 Å². The topological polar surface area (TPSA) is 64.4 Å². The average molecular weight is 576 g/mol. The van der Waals surface area contributed by atoms with Gasteiger partial charge < -0.3 is 15.8 Å². The number of nitrogens with one attached hydrogen (secondary N) is 1. The molecule has 9 heteroatoms. The molecular formula is C15H11Br2F2IN2O2. The van der Waals surface area contributed by atoms with Gasteiger partial charge in [0, 0.05) is 19.3 Å². The zero-order chi connectivity index (χ0) is 17.9. The molecule has 2 aromatic carbocycles. The Bertz CT molecular complexity index is 777. The number of alkyl halides is 1. The standard InChI is InChI=1S/C15H11Br2F2IN2O2/c16-9-5-8(20)1-2-11(9)22-13(17)6-24-12-4-7(15(21)23)3-10(18)14(12)19/h1-5,13,22H,6H2,(H2,21,23). The van der Waals surface area contributed by atoms with E-state index in [1.807, 2.05) is 18.2 Å². The normalized spacial score (nSPS) is 11.9. The number of amides is 1. The van der Waals surface area contributed by atoms with E-state index in [2.05, 4.69) is 59.8 Å². The minimum atomic E-state index is -1.19.